The van der Waals surface area contributed by atoms with Gasteiger partial charge in [-0.2, -0.15) is 0 Å². The van der Waals surface area contributed by atoms with Crippen molar-refractivity contribution in [3.8, 4) is 11.5 Å². The van der Waals surface area contributed by atoms with Gasteiger partial charge < -0.3 is 13.6 Å². The van der Waals surface area contributed by atoms with Crippen molar-refractivity contribution in [1.82, 2.24) is 0 Å². The molecule has 1 heterocycles. The number of hydrogen-bond donors (Lipinski definition) is 0. The Kier molecular flexibility index (Phi) is 8.51. The van der Waals surface area contributed by atoms with E-state index in [1.807, 2.05) is 30.5 Å². The van der Waals surface area contributed by atoms with E-state index in [4.69, 9.17) is 13.6 Å². The Bertz CT molecular complexity index is 1840. The van der Waals surface area contributed by atoms with Gasteiger partial charge in [0, 0.05) is 11.1 Å². The maximum Gasteiger partial charge on any atom is 0.529 e. The van der Waals surface area contributed by atoms with Crippen molar-refractivity contribution in [2.75, 3.05) is 0 Å². The van der Waals surface area contributed by atoms with Gasteiger partial charge in [0.1, 0.15) is 11.5 Å². The van der Waals surface area contributed by atoms with Crippen LogP contribution in [0.5, 0.6) is 11.5 Å². The molecule has 0 N–H and O–H groups in total. The molecule has 45 heavy (non-hydrogen) atoms. The number of benzene rings is 4. The van der Waals surface area contributed by atoms with Crippen molar-refractivity contribution in [3.63, 3.8) is 0 Å². The van der Waals surface area contributed by atoms with Crippen molar-refractivity contribution >= 4 is 31.5 Å². The SMILES string of the molecule is C=C/C(C)=C\C1=C/OP(Oc2ccccc2/C=C/c2ccc3ccccc3c2)Oc2cc(C)cc3c2C(CC1(C)C)CC3(C)C. The molecule has 6 rings (SSSR count). The zero-order chi connectivity index (χ0) is 31.8. The van der Waals surface area contributed by atoms with Crippen LogP contribution in [-0.4, -0.2) is 0 Å². The summed E-state index contributed by atoms with van der Waals surface area (Å²) in [6.07, 6.45) is 12.2. The Morgan fingerprint density at radius 3 is 2.42 bits per heavy atom. The van der Waals surface area contributed by atoms with Crippen LogP contribution in [0.3, 0.4) is 0 Å². The van der Waals surface area contributed by atoms with E-state index in [-0.39, 0.29) is 10.8 Å². The number of hydrogen-bond acceptors (Lipinski definition) is 3. The van der Waals surface area contributed by atoms with Crippen molar-refractivity contribution in [3.05, 3.63) is 143 Å². The second-order valence-electron chi connectivity index (χ2n) is 13.8. The maximum atomic E-state index is 6.77. The lowest BCUT2D eigenvalue weighted by molar-refractivity contribution is 0.311. The molecule has 4 heteroatoms. The first-order chi connectivity index (χ1) is 21.5. The van der Waals surface area contributed by atoms with Gasteiger partial charge in [-0.25, -0.2) is 0 Å². The van der Waals surface area contributed by atoms with E-state index in [1.165, 1.54) is 27.5 Å². The van der Waals surface area contributed by atoms with E-state index in [1.54, 1.807) is 0 Å². The summed E-state index contributed by atoms with van der Waals surface area (Å²) in [5.41, 5.74) is 8.04. The Morgan fingerprint density at radius 1 is 0.889 bits per heavy atom. The van der Waals surface area contributed by atoms with Crippen molar-refractivity contribution < 1.29 is 13.6 Å². The largest absolute Gasteiger partial charge is 0.529 e. The summed E-state index contributed by atoms with van der Waals surface area (Å²) in [6, 6.07) is 27.5. The van der Waals surface area contributed by atoms with E-state index in [0.29, 0.717) is 11.7 Å². The van der Waals surface area contributed by atoms with Crippen molar-refractivity contribution in [2.45, 2.75) is 65.7 Å². The molecule has 0 amide bonds. The minimum atomic E-state index is -1.82. The van der Waals surface area contributed by atoms with Crippen molar-refractivity contribution in [1.29, 1.82) is 0 Å². The first-order valence-corrected chi connectivity index (χ1v) is 16.9. The molecule has 230 valence electrons. The number of para-hydroxylation sites is 1. The highest BCUT2D eigenvalue weighted by Crippen LogP contribution is 2.57. The molecule has 1 aliphatic heterocycles. The zero-order valence-corrected chi connectivity index (χ0v) is 28.2. The summed E-state index contributed by atoms with van der Waals surface area (Å²) in [5.74, 6) is 1.95. The van der Waals surface area contributed by atoms with E-state index >= 15 is 0 Å². The third-order valence-electron chi connectivity index (χ3n) is 9.18. The highest BCUT2D eigenvalue weighted by atomic mass is 31.2. The molecule has 0 radical (unpaired) electrons. The smallest absolute Gasteiger partial charge is 0.416 e. The van der Waals surface area contributed by atoms with Gasteiger partial charge in [-0.05, 0) is 94.7 Å². The molecule has 4 aromatic rings. The first-order valence-electron chi connectivity index (χ1n) is 15.8. The topological polar surface area (TPSA) is 27.7 Å². The van der Waals surface area contributed by atoms with E-state index in [9.17, 15) is 0 Å². The molecule has 2 atom stereocenters. The molecule has 0 fully saturated rings. The Morgan fingerprint density at radius 2 is 1.62 bits per heavy atom. The molecular weight excluding hydrogens is 571 g/mol. The number of aryl methyl sites for hydroxylation is 1. The summed E-state index contributed by atoms with van der Waals surface area (Å²) < 4.78 is 19.9. The molecule has 4 aromatic carbocycles. The minimum Gasteiger partial charge on any atom is -0.416 e. The van der Waals surface area contributed by atoms with Crippen LogP contribution in [-0.2, 0) is 9.94 Å². The number of rotatable bonds is 6. The highest BCUT2D eigenvalue weighted by molar-refractivity contribution is 7.42. The molecule has 1 aliphatic carbocycles. The van der Waals surface area contributed by atoms with Crippen molar-refractivity contribution in [2.24, 2.45) is 5.41 Å². The number of allylic oxidation sites excluding steroid dienone is 4. The molecule has 2 aliphatic rings. The first kappa shape index (κ1) is 30.9. The molecule has 0 spiro atoms. The lowest BCUT2D eigenvalue weighted by Crippen LogP contribution is -2.20. The molecule has 3 nitrogen and oxygen atoms in total. The summed E-state index contributed by atoms with van der Waals surface area (Å²) in [6.45, 7) is 17.5. The fourth-order valence-corrected chi connectivity index (χ4v) is 7.73. The van der Waals surface area contributed by atoms with E-state index in [0.717, 1.165) is 40.9 Å². The van der Waals surface area contributed by atoms with Crippen LogP contribution in [0.25, 0.3) is 22.9 Å². The quantitative estimate of drug-likeness (QED) is 0.123. The van der Waals surface area contributed by atoms with Crippen LogP contribution in [0.1, 0.15) is 81.2 Å². The predicted molar refractivity (Wildman–Crippen MR) is 191 cm³/mol. The second-order valence-corrected chi connectivity index (χ2v) is 14.8. The molecule has 0 saturated heterocycles. The van der Waals surface area contributed by atoms with Gasteiger partial charge in [0.2, 0.25) is 0 Å². The molecule has 2 unspecified atom stereocenters. The summed E-state index contributed by atoms with van der Waals surface area (Å²) in [5, 5.41) is 2.45. The lowest BCUT2D eigenvalue weighted by atomic mass is 9.74. The lowest BCUT2D eigenvalue weighted by Gasteiger charge is -2.32. The van der Waals surface area contributed by atoms with Crippen LogP contribution < -0.4 is 9.05 Å². The number of fused-ring (bicyclic) bond motifs is 1. The van der Waals surface area contributed by atoms with Gasteiger partial charge in [-0.15, -0.1) is 0 Å². The fourth-order valence-electron chi connectivity index (χ4n) is 6.77. The minimum absolute atomic E-state index is 0.0512. The van der Waals surface area contributed by atoms with Gasteiger partial charge in [0.25, 0.3) is 0 Å². The van der Waals surface area contributed by atoms with Crippen LogP contribution in [0.2, 0.25) is 0 Å². The normalized spacial score (nSPS) is 21.7. The Labute approximate surface area is 269 Å². The molecule has 0 aromatic heterocycles. The Balaban J connectivity index is 1.39. The van der Waals surface area contributed by atoms with Gasteiger partial charge in [-0.1, -0.05) is 125 Å². The van der Waals surface area contributed by atoms with E-state index in [2.05, 4.69) is 127 Å². The summed E-state index contributed by atoms with van der Waals surface area (Å²) in [4.78, 5) is 0. The third-order valence-corrected chi connectivity index (χ3v) is 10.2. The Hall–Kier alpha value is -4.07. The monoisotopic (exact) mass is 614 g/mol. The predicted octanol–water partition coefficient (Wildman–Crippen LogP) is 12.2. The van der Waals surface area contributed by atoms with Crippen LogP contribution in [0.15, 0.2) is 115 Å². The average molecular weight is 615 g/mol. The van der Waals surface area contributed by atoms with Gasteiger partial charge in [-0.3, -0.25) is 0 Å². The standard InChI is InChI=1S/C41H43O3P/c1-8-28(2)21-35-27-42-45(44-38-23-29(3)22-36-39(38)34(25-40(35,4)5)26-41(36,6)7)43-37-16-12-11-14-32(37)20-18-30-17-19-31-13-9-10-15-33(31)24-30/h8-24,27,34H,1,25-26H2,2-7H3/b20-18+,28-21-,35-27+. The highest BCUT2D eigenvalue weighted by Gasteiger charge is 2.43. The van der Waals surface area contributed by atoms with Gasteiger partial charge in [0.15, 0.2) is 0 Å². The van der Waals surface area contributed by atoms with E-state index < -0.39 is 8.60 Å². The van der Waals surface area contributed by atoms with Gasteiger partial charge in [0.05, 0.1) is 6.26 Å². The molecule has 0 saturated carbocycles. The maximum absolute atomic E-state index is 6.77. The fraction of sp³-hybridized carbons (Fsp3) is 0.268. The summed E-state index contributed by atoms with van der Waals surface area (Å²) in [7, 11) is -1.82. The molecule has 0 bridgehead atoms. The van der Waals surface area contributed by atoms with Crippen LogP contribution >= 0.6 is 8.60 Å². The zero-order valence-electron chi connectivity index (χ0n) is 27.3. The van der Waals surface area contributed by atoms with Crippen LogP contribution in [0.4, 0.5) is 0 Å². The average Bonchev–Trinajstić information content (AvgIpc) is 3.25. The summed E-state index contributed by atoms with van der Waals surface area (Å²) >= 11 is 0. The molecular formula is C41H43O3P. The second kappa shape index (κ2) is 12.4. The van der Waals surface area contributed by atoms with Gasteiger partial charge >= 0.3 is 8.60 Å². The third kappa shape index (κ3) is 6.65. The van der Waals surface area contributed by atoms with Crippen LogP contribution in [0, 0.1) is 12.3 Å².